The molecular formula is C38H21N3S2. The van der Waals surface area contributed by atoms with Gasteiger partial charge in [0.2, 0.25) is 0 Å². The maximum atomic E-state index is 5.17. The van der Waals surface area contributed by atoms with Crippen LogP contribution in [-0.4, -0.2) is 14.5 Å². The molecule has 0 unspecified atom stereocenters. The van der Waals surface area contributed by atoms with E-state index in [1.54, 1.807) is 11.8 Å². The fourth-order valence-corrected chi connectivity index (χ4v) is 9.04. The van der Waals surface area contributed by atoms with Crippen LogP contribution >= 0.6 is 23.1 Å². The normalized spacial score (nSPS) is 12.6. The van der Waals surface area contributed by atoms with Crippen LogP contribution in [0.4, 0.5) is 0 Å². The lowest BCUT2D eigenvalue weighted by atomic mass is 10.0. The summed E-state index contributed by atoms with van der Waals surface area (Å²) in [5.74, 6) is 0.752. The van der Waals surface area contributed by atoms with E-state index >= 15 is 0 Å². The van der Waals surface area contributed by atoms with Crippen molar-refractivity contribution in [3.63, 3.8) is 0 Å². The molecular weight excluding hydrogens is 563 g/mol. The molecule has 4 heterocycles. The second kappa shape index (κ2) is 8.77. The summed E-state index contributed by atoms with van der Waals surface area (Å²) in [6, 6.07) is 45.7. The number of nitrogens with zero attached hydrogens (tertiary/aromatic N) is 3. The Hall–Kier alpha value is -4.97. The van der Waals surface area contributed by atoms with Crippen LogP contribution in [0.25, 0.3) is 81.2 Å². The summed E-state index contributed by atoms with van der Waals surface area (Å²) in [6.45, 7) is 0. The van der Waals surface area contributed by atoms with Gasteiger partial charge in [-0.3, -0.25) is 0 Å². The molecule has 0 aliphatic carbocycles. The topological polar surface area (TPSA) is 30.7 Å². The van der Waals surface area contributed by atoms with Gasteiger partial charge < -0.3 is 4.57 Å². The molecule has 0 radical (unpaired) electrons. The number of fused-ring (bicyclic) bond motifs is 9. The average molecular weight is 584 g/mol. The summed E-state index contributed by atoms with van der Waals surface area (Å²) in [5, 5.41) is 6.32. The molecule has 0 amide bonds. The maximum Gasteiger partial charge on any atom is 0.160 e. The van der Waals surface area contributed by atoms with Gasteiger partial charge >= 0.3 is 0 Å². The highest BCUT2D eigenvalue weighted by atomic mass is 32.2. The van der Waals surface area contributed by atoms with Crippen LogP contribution in [0, 0.1) is 0 Å². The first-order valence-electron chi connectivity index (χ1n) is 14.3. The second-order valence-corrected chi connectivity index (χ2v) is 13.1. The highest BCUT2D eigenvalue weighted by molar-refractivity contribution is 7.99. The second-order valence-electron chi connectivity index (χ2n) is 11.0. The van der Waals surface area contributed by atoms with Crippen molar-refractivity contribution < 1.29 is 0 Å². The largest absolute Gasteiger partial charge is 0.308 e. The van der Waals surface area contributed by atoms with Gasteiger partial charge in [-0.05, 0) is 54.6 Å². The smallest absolute Gasteiger partial charge is 0.160 e. The molecule has 10 rings (SSSR count). The molecule has 200 valence electrons. The minimum absolute atomic E-state index is 0.752. The van der Waals surface area contributed by atoms with Crippen LogP contribution in [0.1, 0.15) is 0 Å². The van der Waals surface area contributed by atoms with Crippen molar-refractivity contribution in [2.75, 3.05) is 0 Å². The van der Waals surface area contributed by atoms with Crippen molar-refractivity contribution in [2.24, 2.45) is 0 Å². The van der Waals surface area contributed by atoms with Gasteiger partial charge in [0.1, 0.15) is 0 Å². The summed E-state index contributed by atoms with van der Waals surface area (Å²) >= 11 is 3.68. The zero-order valence-electron chi connectivity index (χ0n) is 22.8. The van der Waals surface area contributed by atoms with Crippen LogP contribution in [0.15, 0.2) is 137 Å². The molecule has 43 heavy (non-hydrogen) atoms. The Morgan fingerprint density at radius 1 is 0.558 bits per heavy atom. The number of benzene rings is 6. The Balaban J connectivity index is 1.19. The molecule has 0 bridgehead atoms. The van der Waals surface area contributed by atoms with Crippen molar-refractivity contribution in [1.29, 1.82) is 0 Å². The zero-order valence-corrected chi connectivity index (χ0v) is 24.4. The van der Waals surface area contributed by atoms with Gasteiger partial charge in [0.25, 0.3) is 0 Å². The molecule has 1 aliphatic rings. The molecule has 3 aromatic heterocycles. The Kier molecular flexibility index (Phi) is 4.81. The Labute approximate surface area is 255 Å². The lowest BCUT2D eigenvalue weighted by molar-refractivity contribution is 1.17. The first-order valence-corrected chi connectivity index (χ1v) is 16.0. The minimum Gasteiger partial charge on any atom is -0.308 e. The van der Waals surface area contributed by atoms with E-state index in [9.17, 15) is 0 Å². The third-order valence-electron chi connectivity index (χ3n) is 8.61. The third kappa shape index (κ3) is 3.32. The van der Waals surface area contributed by atoms with Gasteiger partial charge in [-0.15, -0.1) is 11.3 Å². The predicted molar refractivity (Wildman–Crippen MR) is 182 cm³/mol. The number of rotatable bonds is 2. The van der Waals surface area contributed by atoms with E-state index in [4.69, 9.17) is 9.97 Å². The lowest BCUT2D eigenvalue weighted by Crippen LogP contribution is -2.00. The van der Waals surface area contributed by atoms with E-state index in [1.807, 2.05) is 11.3 Å². The van der Waals surface area contributed by atoms with Gasteiger partial charge in [0, 0.05) is 58.2 Å². The highest BCUT2D eigenvalue weighted by Crippen LogP contribution is 2.47. The highest BCUT2D eigenvalue weighted by Gasteiger charge is 2.22. The first kappa shape index (κ1) is 23.6. The molecule has 0 fully saturated rings. The average Bonchev–Trinajstić information content (AvgIpc) is 3.61. The van der Waals surface area contributed by atoms with E-state index in [-0.39, 0.29) is 0 Å². The summed E-state index contributed by atoms with van der Waals surface area (Å²) < 4.78 is 5.07. The lowest BCUT2D eigenvalue weighted by Gasteiger charge is -2.19. The number of aromatic nitrogens is 3. The van der Waals surface area contributed by atoms with Crippen molar-refractivity contribution in [3.05, 3.63) is 127 Å². The number of thiophene rings is 1. The van der Waals surface area contributed by atoms with Crippen molar-refractivity contribution in [2.45, 2.75) is 9.79 Å². The number of para-hydroxylation sites is 1. The molecule has 0 atom stereocenters. The summed E-state index contributed by atoms with van der Waals surface area (Å²) in [4.78, 5) is 12.7. The quantitative estimate of drug-likeness (QED) is 0.203. The SMILES string of the molecule is c1ccc2c(c1)Sc1cccc3nc(-c4ccc(-n5c6ccccc6c6ccc7c8ccccc8sc7c65)cc4)nc-2c13. The van der Waals surface area contributed by atoms with Crippen LogP contribution < -0.4 is 0 Å². The summed E-state index contributed by atoms with van der Waals surface area (Å²) in [5.41, 5.74) is 7.79. The molecule has 0 spiro atoms. The first-order chi connectivity index (χ1) is 21.3. The zero-order chi connectivity index (χ0) is 28.1. The maximum absolute atomic E-state index is 5.17. The molecule has 5 heteroatoms. The van der Waals surface area contributed by atoms with E-state index in [0.717, 1.165) is 33.7 Å². The molecule has 3 nitrogen and oxygen atoms in total. The minimum atomic E-state index is 0.752. The fraction of sp³-hybridized carbons (Fsp3) is 0. The van der Waals surface area contributed by atoms with Crippen molar-refractivity contribution >= 4 is 76.0 Å². The van der Waals surface area contributed by atoms with Gasteiger partial charge in [-0.1, -0.05) is 84.6 Å². The fourth-order valence-electron chi connectivity index (χ4n) is 6.69. The van der Waals surface area contributed by atoms with Crippen LogP contribution in [0.3, 0.4) is 0 Å². The monoisotopic (exact) mass is 583 g/mol. The van der Waals surface area contributed by atoms with Gasteiger partial charge in [-0.2, -0.15) is 0 Å². The molecule has 0 saturated carbocycles. The van der Waals surface area contributed by atoms with E-state index in [1.165, 1.54) is 57.3 Å². The molecule has 9 aromatic rings. The summed E-state index contributed by atoms with van der Waals surface area (Å²) in [6.07, 6.45) is 0. The Morgan fingerprint density at radius 2 is 1.33 bits per heavy atom. The van der Waals surface area contributed by atoms with E-state index < -0.39 is 0 Å². The molecule has 0 saturated heterocycles. The summed E-state index contributed by atoms with van der Waals surface area (Å²) in [7, 11) is 0. The van der Waals surface area contributed by atoms with Crippen molar-refractivity contribution in [1.82, 2.24) is 14.5 Å². The van der Waals surface area contributed by atoms with Gasteiger partial charge in [-0.25, -0.2) is 9.97 Å². The van der Waals surface area contributed by atoms with Gasteiger partial charge in [0.05, 0.1) is 26.9 Å². The van der Waals surface area contributed by atoms with E-state index in [2.05, 4.69) is 132 Å². The Bertz CT molecular complexity index is 2590. The van der Waals surface area contributed by atoms with Crippen LogP contribution in [-0.2, 0) is 0 Å². The molecule has 6 aromatic carbocycles. The van der Waals surface area contributed by atoms with E-state index in [0.29, 0.717) is 0 Å². The van der Waals surface area contributed by atoms with Crippen molar-refractivity contribution in [3.8, 4) is 28.3 Å². The Morgan fingerprint density at radius 3 is 2.26 bits per heavy atom. The van der Waals surface area contributed by atoms with Crippen LogP contribution in [0.2, 0.25) is 0 Å². The number of hydrogen-bond acceptors (Lipinski definition) is 4. The third-order valence-corrected chi connectivity index (χ3v) is 10.9. The standard InChI is InChI=1S/C38H21N3S2/c1-4-12-30-24(8-1)26-20-21-27-25-9-2-5-13-31(25)43-37(27)36(26)41(30)23-18-16-22(17-19-23)38-39-29-11-7-15-33-34(29)35(40-38)28-10-3-6-14-32(28)42-33/h1-21H. The van der Waals surface area contributed by atoms with Gasteiger partial charge in [0.15, 0.2) is 5.82 Å². The molecule has 0 N–H and O–H groups in total. The predicted octanol–water partition coefficient (Wildman–Crippen LogP) is 10.9. The van der Waals surface area contributed by atoms with Crippen LogP contribution in [0.5, 0.6) is 0 Å². The number of hydrogen-bond donors (Lipinski definition) is 0. The molecule has 1 aliphatic heterocycles.